The van der Waals surface area contributed by atoms with Crippen LogP contribution in [0.2, 0.25) is 0 Å². The van der Waals surface area contributed by atoms with Crippen LogP contribution in [0.1, 0.15) is 65.9 Å². The molecule has 0 spiro atoms. The van der Waals surface area contributed by atoms with E-state index in [0.717, 1.165) is 61.2 Å². The number of nitrogens with zero attached hydrogens (tertiary/aromatic N) is 4. The highest BCUT2D eigenvalue weighted by molar-refractivity contribution is 7.87. The van der Waals surface area contributed by atoms with Gasteiger partial charge in [-0.2, -0.15) is 12.7 Å². The van der Waals surface area contributed by atoms with Crippen LogP contribution in [0.4, 0.5) is 0 Å². The van der Waals surface area contributed by atoms with Crippen LogP contribution in [-0.4, -0.2) is 84.9 Å². The Kier molecular flexibility index (Phi) is 8.75. The van der Waals surface area contributed by atoms with Gasteiger partial charge in [-0.15, -0.1) is 0 Å². The number of hydrogen-bond acceptors (Lipinski definition) is 6. The number of benzene rings is 3. The summed E-state index contributed by atoms with van der Waals surface area (Å²) in [6, 6.07) is 24.9. The predicted octanol–water partition coefficient (Wildman–Crippen LogP) is 5.62. The zero-order valence-electron chi connectivity index (χ0n) is 27.5. The summed E-state index contributed by atoms with van der Waals surface area (Å²) in [5, 5.41) is 1.15. The lowest BCUT2D eigenvalue weighted by atomic mass is 9.81. The average molecular weight is 668 g/mol. The Labute approximate surface area is 283 Å². The topological polar surface area (TPSA) is 87.1 Å². The van der Waals surface area contributed by atoms with Gasteiger partial charge >= 0.3 is 10.2 Å². The summed E-state index contributed by atoms with van der Waals surface area (Å²) < 4.78 is 40.1. The van der Waals surface area contributed by atoms with Crippen molar-refractivity contribution in [2.45, 2.75) is 63.6 Å². The largest absolute Gasteiger partial charge is 0.491 e. The highest BCUT2D eigenvalue weighted by Crippen LogP contribution is 2.47. The van der Waals surface area contributed by atoms with Crippen LogP contribution in [0, 0.1) is 0 Å². The van der Waals surface area contributed by atoms with Gasteiger partial charge in [-0.3, -0.25) is 9.69 Å². The second-order valence-corrected chi connectivity index (χ2v) is 15.6. The Morgan fingerprint density at radius 2 is 1.60 bits per heavy atom. The number of amides is 1. The lowest BCUT2D eigenvalue weighted by Gasteiger charge is -2.36. The van der Waals surface area contributed by atoms with E-state index >= 15 is 0 Å². The van der Waals surface area contributed by atoms with E-state index in [1.54, 1.807) is 0 Å². The van der Waals surface area contributed by atoms with E-state index in [4.69, 9.17) is 4.74 Å². The first kappa shape index (κ1) is 31.6. The maximum atomic E-state index is 13.7. The highest BCUT2D eigenvalue weighted by Gasteiger charge is 2.34. The Bertz CT molecular complexity index is 1900. The summed E-state index contributed by atoms with van der Waals surface area (Å²) in [7, 11) is -3.99. The molecule has 252 valence electrons. The molecule has 0 radical (unpaired) electrons. The number of fused-ring (bicyclic) bond motifs is 7. The van der Waals surface area contributed by atoms with Crippen molar-refractivity contribution in [3.63, 3.8) is 0 Å². The molecule has 1 saturated heterocycles. The van der Waals surface area contributed by atoms with E-state index in [1.807, 2.05) is 12.1 Å². The van der Waals surface area contributed by atoms with Crippen LogP contribution < -0.4 is 9.46 Å². The maximum Gasteiger partial charge on any atom is 0.304 e. The van der Waals surface area contributed by atoms with Gasteiger partial charge in [0.1, 0.15) is 12.4 Å². The van der Waals surface area contributed by atoms with Crippen molar-refractivity contribution >= 4 is 27.0 Å². The Morgan fingerprint density at radius 1 is 0.812 bits per heavy atom. The van der Waals surface area contributed by atoms with Crippen LogP contribution in [0.15, 0.2) is 72.8 Å². The molecule has 3 aliphatic heterocycles. The number of aromatic nitrogens is 1. The fourth-order valence-electron chi connectivity index (χ4n) is 8.39. The molecule has 3 aromatic carbocycles. The molecule has 6 bridgehead atoms. The van der Waals surface area contributed by atoms with E-state index < -0.39 is 16.1 Å². The van der Waals surface area contributed by atoms with Crippen molar-refractivity contribution in [1.29, 1.82) is 0 Å². The van der Waals surface area contributed by atoms with Crippen molar-refractivity contribution in [2.75, 3.05) is 45.9 Å². The predicted molar refractivity (Wildman–Crippen MR) is 188 cm³/mol. The summed E-state index contributed by atoms with van der Waals surface area (Å²) >= 11 is 0. The standard InChI is InChI=1S/C38H45N5O4S/c44-38-30-16-17-32-34(24-30)43-26-31(27-47-35-15-8-7-14-33(35)37(43)36(32)29-12-5-2-6-13-29)41(25-28-10-3-1-4-11-28)22-20-40-18-9-19-42(23-21-40)48(45,46)39-38/h1,3-4,7-8,10-11,14-17,24,29,31H,2,5-6,9,12-13,18-23,25-27H2,(H,39,44)/t31-/m1/s1. The average Bonchev–Trinajstić information content (AvgIpc) is 3.21. The summed E-state index contributed by atoms with van der Waals surface area (Å²) in [4.78, 5) is 18.6. The van der Waals surface area contributed by atoms with Crippen LogP contribution in [-0.2, 0) is 23.3 Å². The van der Waals surface area contributed by atoms with Crippen LogP contribution in [0.25, 0.3) is 22.2 Å². The molecule has 10 heteroatoms. The number of carbonyl (C=O) groups is 1. The normalized spacial score (nSPS) is 25.2. The molecule has 2 unspecified atom stereocenters. The Balaban J connectivity index is 1.33. The molecule has 1 amide bonds. The van der Waals surface area contributed by atoms with E-state index in [0.29, 0.717) is 50.7 Å². The summed E-state index contributed by atoms with van der Waals surface area (Å²) in [5.74, 6) is 0.698. The lowest BCUT2D eigenvalue weighted by molar-refractivity contribution is 0.0976. The summed E-state index contributed by atoms with van der Waals surface area (Å²) in [5.41, 5.74) is 6.18. The maximum absolute atomic E-state index is 13.7. The monoisotopic (exact) mass is 667 g/mol. The Hall–Kier alpha value is -3.70. The van der Waals surface area contributed by atoms with Crippen molar-refractivity contribution in [3.05, 3.63) is 89.5 Å². The third-order valence-electron chi connectivity index (χ3n) is 10.9. The molecule has 4 aromatic rings. The summed E-state index contributed by atoms with van der Waals surface area (Å²) in [6.45, 7) is 5.80. The van der Waals surface area contributed by atoms with E-state index in [-0.39, 0.29) is 6.04 Å². The van der Waals surface area contributed by atoms with Gasteiger partial charge in [0, 0.05) is 67.8 Å². The third-order valence-corrected chi connectivity index (χ3v) is 12.4. The molecular weight excluding hydrogens is 623 g/mol. The van der Waals surface area contributed by atoms with Gasteiger partial charge in [-0.05, 0) is 67.1 Å². The number of carbonyl (C=O) groups excluding carboxylic acids is 1. The molecule has 4 aliphatic rings. The fraction of sp³-hybridized carbons (Fsp3) is 0.447. The molecule has 9 nitrogen and oxygen atoms in total. The van der Waals surface area contributed by atoms with Gasteiger partial charge < -0.3 is 14.2 Å². The first-order valence-electron chi connectivity index (χ1n) is 17.7. The SMILES string of the molecule is O=C1NS(=O)(=O)N2CCCN(CCN(Cc3ccccc3)[C@H]3COc4ccccc4-c4c(C5CCCCC5)c5ccc1cc5n4C3)CC2. The van der Waals surface area contributed by atoms with Gasteiger partial charge in [0.15, 0.2) is 0 Å². The van der Waals surface area contributed by atoms with Gasteiger partial charge in [0.25, 0.3) is 5.91 Å². The van der Waals surface area contributed by atoms with E-state index in [2.05, 4.69) is 79.8 Å². The Morgan fingerprint density at radius 3 is 2.46 bits per heavy atom. The van der Waals surface area contributed by atoms with E-state index in [1.165, 1.54) is 40.4 Å². The molecular formula is C38H45N5O4S. The molecule has 48 heavy (non-hydrogen) atoms. The zero-order chi connectivity index (χ0) is 32.7. The van der Waals surface area contributed by atoms with Crippen LogP contribution in [0.3, 0.4) is 0 Å². The van der Waals surface area contributed by atoms with Crippen molar-refractivity contribution in [3.8, 4) is 17.0 Å². The van der Waals surface area contributed by atoms with Crippen molar-refractivity contribution in [1.82, 2.24) is 23.4 Å². The van der Waals surface area contributed by atoms with Gasteiger partial charge in [-0.25, -0.2) is 4.72 Å². The molecule has 1 aromatic heterocycles. The van der Waals surface area contributed by atoms with Crippen LogP contribution >= 0.6 is 0 Å². The molecule has 1 N–H and O–H groups in total. The quantitative estimate of drug-likeness (QED) is 0.306. The number of nitrogens with one attached hydrogen (secondary N) is 1. The van der Waals surface area contributed by atoms with Crippen molar-refractivity contribution in [2.24, 2.45) is 0 Å². The number of para-hydroxylation sites is 1. The molecule has 3 atom stereocenters. The van der Waals surface area contributed by atoms with E-state index in [9.17, 15) is 13.2 Å². The summed E-state index contributed by atoms with van der Waals surface area (Å²) in [6.07, 6.45) is 6.63. The fourth-order valence-corrected chi connectivity index (χ4v) is 9.56. The molecule has 2 fully saturated rings. The third kappa shape index (κ3) is 6.15. The minimum absolute atomic E-state index is 0.0568. The number of hydrogen-bond donors (Lipinski definition) is 1. The molecule has 1 aliphatic carbocycles. The number of rotatable bonds is 3. The zero-order valence-corrected chi connectivity index (χ0v) is 28.3. The number of ether oxygens (including phenoxy) is 1. The first-order chi connectivity index (χ1) is 23.4. The highest BCUT2D eigenvalue weighted by atomic mass is 32.2. The minimum Gasteiger partial charge on any atom is -0.491 e. The lowest BCUT2D eigenvalue weighted by Crippen LogP contribution is -2.47. The van der Waals surface area contributed by atoms with Gasteiger partial charge in [0.05, 0.1) is 11.7 Å². The molecule has 4 heterocycles. The van der Waals surface area contributed by atoms with Crippen LogP contribution in [0.5, 0.6) is 5.75 Å². The van der Waals surface area contributed by atoms with Gasteiger partial charge in [0.2, 0.25) is 0 Å². The first-order valence-corrected chi connectivity index (χ1v) is 19.1. The second-order valence-electron chi connectivity index (χ2n) is 13.9. The molecule has 1 saturated carbocycles. The minimum atomic E-state index is -3.99. The van der Waals surface area contributed by atoms with Crippen molar-refractivity contribution < 1.29 is 17.9 Å². The van der Waals surface area contributed by atoms with Gasteiger partial charge in [-0.1, -0.05) is 67.8 Å². The molecule has 8 rings (SSSR count). The second kappa shape index (κ2) is 13.3. The smallest absolute Gasteiger partial charge is 0.304 e.